The van der Waals surface area contributed by atoms with Gasteiger partial charge in [0, 0.05) is 6.54 Å². The maximum atomic E-state index is 12.6. The highest BCUT2D eigenvalue weighted by molar-refractivity contribution is 5.84. The number of carbonyl (C=O) groups is 2. The fourth-order valence-electron chi connectivity index (χ4n) is 2.10. The number of morpholine rings is 1. The van der Waals surface area contributed by atoms with Gasteiger partial charge in [-0.2, -0.15) is 13.2 Å². The second-order valence-corrected chi connectivity index (χ2v) is 4.83. The molecule has 2 rings (SSSR count). The molecule has 1 atom stereocenters. The Morgan fingerprint density at radius 2 is 2.13 bits per heavy atom. The number of carboxylic acid groups (broad SMARTS) is 1. The Labute approximate surface area is 129 Å². The van der Waals surface area contributed by atoms with Crippen LogP contribution in [0.5, 0.6) is 5.75 Å². The molecule has 1 aliphatic rings. The minimum atomic E-state index is -4.51. The van der Waals surface area contributed by atoms with Crippen molar-refractivity contribution in [1.82, 2.24) is 4.90 Å². The minimum Gasteiger partial charge on any atom is -0.484 e. The van der Waals surface area contributed by atoms with Crippen LogP contribution in [-0.2, 0) is 20.5 Å². The van der Waals surface area contributed by atoms with E-state index in [0.29, 0.717) is 0 Å². The molecule has 1 aromatic carbocycles. The summed E-state index contributed by atoms with van der Waals surface area (Å²) in [4.78, 5) is 24.2. The Hall–Kier alpha value is -2.29. The second kappa shape index (κ2) is 6.86. The zero-order valence-corrected chi connectivity index (χ0v) is 11.9. The molecule has 1 N–H and O–H groups in total. The van der Waals surface area contributed by atoms with Gasteiger partial charge in [0.1, 0.15) is 5.75 Å². The van der Waals surface area contributed by atoms with Gasteiger partial charge in [0.2, 0.25) is 0 Å². The smallest absolute Gasteiger partial charge is 0.416 e. The highest BCUT2D eigenvalue weighted by atomic mass is 19.4. The molecule has 0 unspecified atom stereocenters. The van der Waals surface area contributed by atoms with Crippen molar-refractivity contribution in [3.63, 3.8) is 0 Å². The van der Waals surface area contributed by atoms with Crippen LogP contribution in [0.25, 0.3) is 0 Å². The van der Waals surface area contributed by atoms with Gasteiger partial charge in [-0.05, 0) is 18.2 Å². The number of ether oxygens (including phenoxy) is 2. The van der Waals surface area contributed by atoms with E-state index >= 15 is 0 Å². The van der Waals surface area contributed by atoms with Crippen molar-refractivity contribution in [3.05, 3.63) is 29.8 Å². The molecule has 0 bridgehead atoms. The molecule has 126 valence electrons. The lowest BCUT2D eigenvalue weighted by molar-refractivity contribution is -0.159. The lowest BCUT2D eigenvalue weighted by Gasteiger charge is -2.32. The van der Waals surface area contributed by atoms with Crippen LogP contribution in [0.4, 0.5) is 13.2 Å². The van der Waals surface area contributed by atoms with E-state index in [1.165, 1.54) is 6.07 Å². The summed E-state index contributed by atoms with van der Waals surface area (Å²) in [6, 6.07) is 2.99. The summed E-state index contributed by atoms with van der Waals surface area (Å²) in [6.45, 7) is -0.406. The van der Waals surface area contributed by atoms with E-state index in [2.05, 4.69) is 0 Å². The van der Waals surface area contributed by atoms with Crippen molar-refractivity contribution in [2.24, 2.45) is 0 Å². The molecule has 1 amide bonds. The van der Waals surface area contributed by atoms with Crippen LogP contribution in [0.1, 0.15) is 5.56 Å². The van der Waals surface area contributed by atoms with Crippen molar-refractivity contribution in [2.75, 3.05) is 26.4 Å². The first kappa shape index (κ1) is 17.1. The summed E-state index contributed by atoms with van der Waals surface area (Å²) in [6.07, 6.45) is -4.51. The lowest BCUT2D eigenvalue weighted by Crippen LogP contribution is -2.53. The van der Waals surface area contributed by atoms with Crippen LogP contribution in [-0.4, -0.2) is 54.3 Å². The van der Waals surface area contributed by atoms with Gasteiger partial charge in [0.05, 0.1) is 18.8 Å². The predicted molar refractivity (Wildman–Crippen MR) is 70.9 cm³/mol. The van der Waals surface area contributed by atoms with Crippen molar-refractivity contribution in [3.8, 4) is 5.75 Å². The van der Waals surface area contributed by atoms with Gasteiger partial charge in [0.15, 0.2) is 12.6 Å². The van der Waals surface area contributed by atoms with Gasteiger partial charge in [-0.1, -0.05) is 6.07 Å². The third kappa shape index (κ3) is 4.35. The van der Waals surface area contributed by atoms with E-state index in [-0.39, 0.29) is 25.5 Å². The molecule has 0 spiro atoms. The standard InChI is InChI=1S/C14H14F3NO5/c15-14(16,17)9-2-1-3-10(6-9)23-8-12(19)18-4-5-22-7-11(18)13(20)21/h1-3,6,11H,4-5,7-8H2,(H,20,21)/t11-/m0/s1. The highest BCUT2D eigenvalue weighted by Crippen LogP contribution is 2.31. The first-order chi connectivity index (χ1) is 10.8. The Morgan fingerprint density at radius 3 is 2.78 bits per heavy atom. The zero-order chi connectivity index (χ0) is 17.0. The third-order valence-corrected chi connectivity index (χ3v) is 3.26. The minimum absolute atomic E-state index is 0.0851. The summed E-state index contributed by atoms with van der Waals surface area (Å²) >= 11 is 0. The van der Waals surface area contributed by atoms with Gasteiger partial charge >= 0.3 is 12.1 Å². The molecular formula is C14H14F3NO5. The summed E-state index contributed by atoms with van der Waals surface area (Å²) < 4.78 is 47.8. The molecular weight excluding hydrogens is 319 g/mol. The fourth-order valence-corrected chi connectivity index (χ4v) is 2.10. The number of aliphatic carboxylic acids is 1. The number of hydrogen-bond acceptors (Lipinski definition) is 4. The molecule has 1 fully saturated rings. The van der Waals surface area contributed by atoms with Crippen molar-refractivity contribution >= 4 is 11.9 Å². The molecule has 1 saturated heterocycles. The van der Waals surface area contributed by atoms with Gasteiger partial charge in [-0.15, -0.1) is 0 Å². The molecule has 9 heteroatoms. The van der Waals surface area contributed by atoms with Crippen LogP contribution in [0, 0.1) is 0 Å². The van der Waals surface area contributed by atoms with Crippen LogP contribution < -0.4 is 4.74 Å². The Bertz CT molecular complexity index is 590. The largest absolute Gasteiger partial charge is 0.484 e. The zero-order valence-electron chi connectivity index (χ0n) is 11.9. The summed E-state index contributed by atoms with van der Waals surface area (Å²) in [5, 5.41) is 9.03. The lowest BCUT2D eigenvalue weighted by atomic mass is 10.2. The van der Waals surface area contributed by atoms with Crippen LogP contribution in [0.3, 0.4) is 0 Å². The van der Waals surface area contributed by atoms with E-state index in [1.54, 1.807) is 0 Å². The van der Waals surface area contributed by atoms with Gasteiger partial charge in [-0.3, -0.25) is 4.79 Å². The predicted octanol–water partition coefficient (Wildman–Crippen LogP) is 1.40. The Balaban J connectivity index is 2.00. The maximum absolute atomic E-state index is 12.6. The molecule has 0 saturated carbocycles. The molecule has 23 heavy (non-hydrogen) atoms. The van der Waals surface area contributed by atoms with Gasteiger partial charge in [-0.25, -0.2) is 4.79 Å². The topological polar surface area (TPSA) is 76.1 Å². The molecule has 1 aromatic rings. The van der Waals surface area contributed by atoms with Crippen LogP contribution in [0.2, 0.25) is 0 Å². The first-order valence-electron chi connectivity index (χ1n) is 6.69. The molecule has 0 radical (unpaired) electrons. The van der Waals surface area contributed by atoms with Gasteiger partial charge < -0.3 is 19.5 Å². The number of carbonyl (C=O) groups excluding carboxylic acids is 1. The van der Waals surface area contributed by atoms with Gasteiger partial charge in [0.25, 0.3) is 5.91 Å². The molecule has 0 aliphatic carbocycles. The third-order valence-electron chi connectivity index (χ3n) is 3.26. The number of rotatable bonds is 4. The number of nitrogens with zero attached hydrogens (tertiary/aromatic N) is 1. The van der Waals surface area contributed by atoms with E-state index in [0.717, 1.165) is 23.1 Å². The average molecular weight is 333 g/mol. The number of carboxylic acids is 1. The second-order valence-electron chi connectivity index (χ2n) is 4.83. The van der Waals surface area contributed by atoms with Crippen molar-refractivity contribution < 1.29 is 37.3 Å². The molecule has 0 aromatic heterocycles. The monoisotopic (exact) mass is 333 g/mol. The summed E-state index contributed by atoms with van der Waals surface area (Å²) in [7, 11) is 0. The highest BCUT2D eigenvalue weighted by Gasteiger charge is 2.33. The van der Waals surface area contributed by atoms with E-state index in [4.69, 9.17) is 14.6 Å². The van der Waals surface area contributed by atoms with Crippen molar-refractivity contribution in [1.29, 1.82) is 0 Å². The molecule has 6 nitrogen and oxygen atoms in total. The van der Waals surface area contributed by atoms with Crippen LogP contribution in [0.15, 0.2) is 24.3 Å². The van der Waals surface area contributed by atoms with E-state index in [1.807, 2.05) is 0 Å². The SMILES string of the molecule is O=C(O)[C@@H]1COCCN1C(=O)COc1cccc(C(F)(F)F)c1. The number of halogens is 3. The number of alkyl halides is 3. The number of hydrogen-bond donors (Lipinski definition) is 1. The van der Waals surface area contributed by atoms with Crippen molar-refractivity contribution in [2.45, 2.75) is 12.2 Å². The fraction of sp³-hybridized carbons (Fsp3) is 0.429. The Kier molecular flexibility index (Phi) is 5.09. The number of benzene rings is 1. The quantitative estimate of drug-likeness (QED) is 0.901. The van der Waals surface area contributed by atoms with E-state index in [9.17, 15) is 22.8 Å². The average Bonchev–Trinajstić information content (AvgIpc) is 2.52. The maximum Gasteiger partial charge on any atom is 0.416 e. The van der Waals surface area contributed by atoms with Crippen LogP contribution >= 0.6 is 0 Å². The molecule has 1 aliphatic heterocycles. The summed E-state index contributed by atoms with van der Waals surface area (Å²) in [5.74, 6) is -1.96. The van der Waals surface area contributed by atoms with E-state index < -0.39 is 36.3 Å². The summed E-state index contributed by atoms with van der Waals surface area (Å²) in [5.41, 5.74) is -0.891. The normalized spacial score (nSPS) is 18.6. The first-order valence-corrected chi connectivity index (χ1v) is 6.69. The number of amides is 1. The Morgan fingerprint density at radius 1 is 1.39 bits per heavy atom. The molecule has 1 heterocycles.